The highest BCUT2D eigenvalue weighted by Gasteiger charge is 2.17. The molecular weight excluding hydrogens is 192 g/mol. The van der Waals surface area contributed by atoms with E-state index in [1.807, 2.05) is 12.1 Å². The van der Waals surface area contributed by atoms with E-state index in [1.54, 1.807) is 13.2 Å². The van der Waals surface area contributed by atoms with Crippen LogP contribution in [-0.2, 0) is 11.3 Å². The van der Waals surface area contributed by atoms with Gasteiger partial charge in [0.1, 0.15) is 0 Å². The van der Waals surface area contributed by atoms with Crippen LogP contribution in [0, 0.1) is 0 Å². The van der Waals surface area contributed by atoms with Crippen molar-refractivity contribution in [1.82, 2.24) is 0 Å². The van der Waals surface area contributed by atoms with Gasteiger partial charge in [-0.2, -0.15) is 0 Å². The summed E-state index contributed by atoms with van der Waals surface area (Å²) in [5, 5.41) is 9.40. The molecule has 15 heavy (non-hydrogen) atoms. The van der Waals surface area contributed by atoms with E-state index >= 15 is 0 Å². The maximum Gasteiger partial charge on any atom is 0.160 e. The Morgan fingerprint density at radius 3 is 2.80 bits per heavy atom. The molecule has 1 saturated carbocycles. The van der Waals surface area contributed by atoms with Gasteiger partial charge < -0.3 is 14.6 Å². The van der Waals surface area contributed by atoms with E-state index in [9.17, 15) is 5.11 Å². The van der Waals surface area contributed by atoms with Crippen molar-refractivity contribution in [3.05, 3.63) is 23.8 Å². The molecule has 2 rings (SSSR count). The zero-order valence-corrected chi connectivity index (χ0v) is 8.90. The van der Waals surface area contributed by atoms with Crippen LogP contribution in [0.1, 0.15) is 24.8 Å². The first-order chi connectivity index (χ1) is 7.29. The Labute approximate surface area is 89.6 Å². The Morgan fingerprint density at radius 2 is 2.20 bits per heavy atom. The van der Waals surface area contributed by atoms with Crippen molar-refractivity contribution in [2.75, 3.05) is 7.11 Å². The van der Waals surface area contributed by atoms with E-state index in [0.29, 0.717) is 18.5 Å². The lowest BCUT2D eigenvalue weighted by Crippen LogP contribution is -2.21. The molecule has 1 aliphatic carbocycles. The third-order valence-corrected chi connectivity index (χ3v) is 2.78. The lowest BCUT2D eigenvalue weighted by molar-refractivity contribution is -0.00873. The number of methoxy groups -OCH3 is 1. The minimum absolute atomic E-state index is 0.171. The zero-order valence-electron chi connectivity index (χ0n) is 8.90. The van der Waals surface area contributed by atoms with E-state index < -0.39 is 0 Å². The van der Waals surface area contributed by atoms with Gasteiger partial charge in [-0.05, 0) is 37.0 Å². The number of ether oxygens (including phenoxy) is 2. The molecule has 0 atom stereocenters. The summed E-state index contributed by atoms with van der Waals surface area (Å²) in [5.74, 6) is 0.676. The summed E-state index contributed by atoms with van der Waals surface area (Å²) in [7, 11) is 1.55. The Bertz CT molecular complexity index is 332. The molecule has 0 radical (unpaired) electrons. The second-order valence-corrected chi connectivity index (χ2v) is 3.87. The molecule has 0 heterocycles. The quantitative estimate of drug-likeness (QED) is 0.826. The van der Waals surface area contributed by atoms with Gasteiger partial charge >= 0.3 is 0 Å². The number of rotatable bonds is 4. The maximum atomic E-state index is 9.40. The molecular formula is C12H16O3. The first-order valence-corrected chi connectivity index (χ1v) is 5.27. The van der Waals surface area contributed by atoms with E-state index in [4.69, 9.17) is 9.47 Å². The molecule has 1 aromatic rings. The van der Waals surface area contributed by atoms with Crippen molar-refractivity contribution in [2.24, 2.45) is 0 Å². The predicted molar refractivity (Wildman–Crippen MR) is 57.1 cm³/mol. The van der Waals surface area contributed by atoms with Crippen LogP contribution in [0.25, 0.3) is 0 Å². The van der Waals surface area contributed by atoms with E-state index in [1.165, 1.54) is 19.3 Å². The summed E-state index contributed by atoms with van der Waals surface area (Å²) < 4.78 is 10.7. The molecule has 0 aromatic heterocycles. The van der Waals surface area contributed by atoms with Crippen molar-refractivity contribution < 1.29 is 14.6 Å². The number of aromatic hydroxyl groups is 1. The monoisotopic (exact) mass is 208 g/mol. The molecule has 0 unspecified atom stereocenters. The van der Waals surface area contributed by atoms with Crippen molar-refractivity contribution in [2.45, 2.75) is 32.0 Å². The molecule has 1 aliphatic rings. The Kier molecular flexibility index (Phi) is 3.11. The molecule has 0 aliphatic heterocycles. The Hall–Kier alpha value is -1.22. The van der Waals surface area contributed by atoms with Gasteiger partial charge in [-0.3, -0.25) is 0 Å². The van der Waals surface area contributed by atoms with E-state index in [-0.39, 0.29) is 5.75 Å². The molecule has 1 aromatic carbocycles. The highest BCUT2D eigenvalue weighted by Crippen LogP contribution is 2.28. The third-order valence-electron chi connectivity index (χ3n) is 2.78. The maximum absolute atomic E-state index is 9.40. The number of hydrogen-bond acceptors (Lipinski definition) is 3. The number of benzene rings is 1. The second kappa shape index (κ2) is 4.53. The number of phenols is 1. The third kappa shape index (κ3) is 2.42. The first kappa shape index (κ1) is 10.3. The van der Waals surface area contributed by atoms with Crippen LogP contribution in [0.3, 0.4) is 0 Å². The van der Waals surface area contributed by atoms with Gasteiger partial charge in [0, 0.05) is 0 Å². The summed E-state index contributed by atoms with van der Waals surface area (Å²) in [6, 6.07) is 5.31. The van der Waals surface area contributed by atoms with Crippen molar-refractivity contribution in [3.8, 4) is 11.5 Å². The molecule has 82 valence electrons. The molecule has 0 saturated heterocycles. The summed E-state index contributed by atoms with van der Waals surface area (Å²) in [4.78, 5) is 0. The highest BCUT2D eigenvalue weighted by molar-refractivity contribution is 5.41. The largest absolute Gasteiger partial charge is 0.504 e. The van der Waals surface area contributed by atoms with Crippen LogP contribution < -0.4 is 4.74 Å². The van der Waals surface area contributed by atoms with Gasteiger partial charge in [-0.1, -0.05) is 6.07 Å². The van der Waals surface area contributed by atoms with Gasteiger partial charge in [0.05, 0.1) is 19.8 Å². The van der Waals surface area contributed by atoms with Gasteiger partial charge in [0.2, 0.25) is 0 Å². The fourth-order valence-electron chi connectivity index (χ4n) is 1.56. The van der Waals surface area contributed by atoms with E-state index in [2.05, 4.69) is 0 Å². The Morgan fingerprint density at radius 1 is 1.40 bits per heavy atom. The zero-order chi connectivity index (χ0) is 10.7. The van der Waals surface area contributed by atoms with Crippen LogP contribution in [0.2, 0.25) is 0 Å². The van der Waals surface area contributed by atoms with Gasteiger partial charge in [-0.25, -0.2) is 0 Å². The van der Waals surface area contributed by atoms with Crippen molar-refractivity contribution in [1.29, 1.82) is 0 Å². The average molecular weight is 208 g/mol. The molecule has 0 spiro atoms. The summed E-state index contributed by atoms with van der Waals surface area (Å²) in [6.07, 6.45) is 4.07. The normalized spacial score (nSPS) is 16.1. The molecule has 0 bridgehead atoms. The summed E-state index contributed by atoms with van der Waals surface area (Å²) in [6.45, 7) is 0.599. The van der Waals surface area contributed by atoms with Gasteiger partial charge in [0.25, 0.3) is 0 Å². The molecule has 3 nitrogen and oxygen atoms in total. The standard InChI is InChI=1S/C12H16O3/c1-14-12-7-9(5-6-11(12)13)8-15-10-3-2-4-10/h5-7,10,13H,2-4,8H2,1H3. The number of hydrogen-bond donors (Lipinski definition) is 1. The van der Waals surface area contributed by atoms with Crippen LogP contribution >= 0.6 is 0 Å². The fraction of sp³-hybridized carbons (Fsp3) is 0.500. The van der Waals surface area contributed by atoms with Crippen molar-refractivity contribution in [3.63, 3.8) is 0 Å². The topological polar surface area (TPSA) is 38.7 Å². The SMILES string of the molecule is COc1cc(COC2CCC2)ccc1O. The molecule has 1 N–H and O–H groups in total. The summed E-state index contributed by atoms with van der Waals surface area (Å²) >= 11 is 0. The predicted octanol–water partition coefficient (Wildman–Crippen LogP) is 2.47. The summed E-state index contributed by atoms with van der Waals surface area (Å²) in [5.41, 5.74) is 1.04. The lowest BCUT2D eigenvalue weighted by Gasteiger charge is -2.25. The lowest BCUT2D eigenvalue weighted by atomic mass is 9.96. The van der Waals surface area contributed by atoms with Crippen LogP contribution in [0.4, 0.5) is 0 Å². The minimum atomic E-state index is 0.171. The minimum Gasteiger partial charge on any atom is -0.504 e. The van der Waals surface area contributed by atoms with Crippen LogP contribution in [0.15, 0.2) is 18.2 Å². The average Bonchev–Trinajstić information content (AvgIpc) is 2.18. The van der Waals surface area contributed by atoms with Crippen LogP contribution in [-0.4, -0.2) is 18.3 Å². The number of phenolic OH excluding ortho intramolecular Hbond substituents is 1. The smallest absolute Gasteiger partial charge is 0.160 e. The highest BCUT2D eigenvalue weighted by atomic mass is 16.5. The Balaban J connectivity index is 1.95. The fourth-order valence-corrected chi connectivity index (χ4v) is 1.56. The molecule has 0 amide bonds. The van der Waals surface area contributed by atoms with Gasteiger partial charge in [-0.15, -0.1) is 0 Å². The molecule has 3 heteroatoms. The van der Waals surface area contributed by atoms with Crippen molar-refractivity contribution >= 4 is 0 Å². The second-order valence-electron chi connectivity index (χ2n) is 3.87. The van der Waals surface area contributed by atoms with E-state index in [0.717, 1.165) is 5.56 Å². The van der Waals surface area contributed by atoms with Crippen LogP contribution in [0.5, 0.6) is 11.5 Å². The first-order valence-electron chi connectivity index (χ1n) is 5.27. The molecule has 1 fully saturated rings. The van der Waals surface area contributed by atoms with Gasteiger partial charge in [0.15, 0.2) is 11.5 Å².